The highest BCUT2D eigenvalue weighted by Crippen LogP contribution is 2.39. The van der Waals surface area contributed by atoms with Gasteiger partial charge >= 0.3 is 23.9 Å². The fraction of sp³-hybridized carbons (Fsp3) is 0.478. The molecule has 0 spiro atoms. The predicted octanol–water partition coefficient (Wildman–Crippen LogP) is 1.87. The average molecular weight is 556 g/mol. The molecule has 0 unspecified atom stereocenters. The van der Waals surface area contributed by atoms with Crippen molar-refractivity contribution in [1.29, 1.82) is 0 Å². The third-order valence-corrected chi connectivity index (χ3v) is 6.41. The standard InChI is InChI=1S/C23H25NO11S2/c1-10-6-7-15(31-10)8-17-21(29)24(23(36)37-17)22-20(34-14(5)28)19(33-13(4)27)18(32-12(3)26)16(35-22)9-30-11(2)25/h6-8,16,18-20,22H,9H2,1-5H3/b17-8-/t16-,18-,19+,20-,22-/m1/s1. The van der Waals surface area contributed by atoms with Crippen LogP contribution in [0.3, 0.4) is 0 Å². The first-order valence-corrected chi connectivity index (χ1v) is 12.2. The van der Waals surface area contributed by atoms with E-state index >= 15 is 0 Å². The van der Waals surface area contributed by atoms with Crippen molar-refractivity contribution in [1.82, 2.24) is 4.90 Å². The van der Waals surface area contributed by atoms with Crippen LogP contribution in [-0.4, -0.2) is 76.3 Å². The molecule has 1 amide bonds. The van der Waals surface area contributed by atoms with E-state index in [2.05, 4.69) is 0 Å². The molecule has 3 heterocycles. The Morgan fingerprint density at radius 3 is 2.11 bits per heavy atom. The number of amides is 1. The van der Waals surface area contributed by atoms with Crippen molar-refractivity contribution in [3.05, 3.63) is 28.6 Å². The first-order valence-electron chi connectivity index (χ1n) is 11.0. The second kappa shape index (κ2) is 11.9. The van der Waals surface area contributed by atoms with Gasteiger partial charge in [0.05, 0.1) is 4.91 Å². The number of hydrogen-bond acceptors (Lipinski definition) is 13. The fourth-order valence-corrected chi connectivity index (χ4v) is 5.06. The molecule has 2 fully saturated rings. The zero-order valence-electron chi connectivity index (χ0n) is 20.6. The van der Waals surface area contributed by atoms with Crippen molar-refractivity contribution in [2.75, 3.05) is 6.61 Å². The molecule has 1 aromatic heterocycles. The van der Waals surface area contributed by atoms with E-state index in [1.165, 1.54) is 6.08 Å². The van der Waals surface area contributed by atoms with Crippen LogP contribution in [0.5, 0.6) is 0 Å². The zero-order chi connectivity index (χ0) is 27.4. The maximum absolute atomic E-state index is 13.4. The Kier molecular flexibility index (Phi) is 9.10. The molecule has 2 aliphatic rings. The summed E-state index contributed by atoms with van der Waals surface area (Å²) in [6, 6.07) is 3.41. The number of rotatable bonds is 7. The van der Waals surface area contributed by atoms with Crippen molar-refractivity contribution in [3.63, 3.8) is 0 Å². The van der Waals surface area contributed by atoms with Crippen molar-refractivity contribution in [3.8, 4) is 0 Å². The quantitative estimate of drug-likeness (QED) is 0.209. The van der Waals surface area contributed by atoms with Crippen LogP contribution in [0.15, 0.2) is 21.5 Å². The number of esters is 4. The Balaban J connectivity index is 2.05. The van der Waals surface area contributed by atoms with Crippen LogP contribution >= 0.6 is 24.0 Å². The molecule has 5 atom stereocenters. The largest absolute Gasteiger partial charge is 0.463 e. The average Bonchev–Trinajstić information content (AvgIpc) is 3.30. The van der Waals surface area contributed by atoms with E-state index in [-0.39, 0.29) is 9.23 Å². The van der Waals surface area contributed by atoms with Crippen molar-refractivity contribution in [2.24, 2.45) is 0 Å². The minimum atomic E-state index is -1.45. The van der Waals surface area contributed by atoms with Crippen molar-refractivity contribution >= 4 is 64.2 Å². The van der Waals surface area contributed by atoms with Gasteiger partial charge in [0.15, 0.2) is 28.9 Å². The molecule has 3 rings (SSSR count). The normalized spacial score (nSPS) is 26.7. The molecule has 12 nitrogen and oxygen atoms in total. The third-order valence-electron chi connectivity index (χ3n) is 5.08. The van der Waals surface area contributed by atoms with Crippen LogP contribution in [0.25, 0.3) is 6.08 Å². The molecular formula is C23H25NO11S2. The van der Waals surface area contributed by atoms with Gasteiger partial charge in [0, 0.05) is 33.8 Å². The minimum absolute atomic E-state index is 0.0560. The lowest BCUT2D eigenvalue weighted by Crippen LogP contribution is -2.66. The van der Waals surface area contributed by atoms with Gasteiger partial charge in [-0.05, 0) is 19.1 Å². The Labute approximate surface area is 221 Å². The highest BCUT2D eigenvalue weighted by atomic mass is 32.2. The number of carbonyl (C=O) groups excluding carboxylic acids is 5. The molecule has 0 aliphatic carbocycles. The highest BCUT2D eigenvalue weighted by molar-refractivity contribution is 8.26. The number of carbonyl (C=O) groups is 5. The van der Waals surface area contributed by atoms with Gasteiger partial charge in [0.25, 0.3) is 5.91 Å². The Morgan fingerprint density at radius 2 is 1.57 bits per heavy atom. The summed E-state index contributed by atoms with van der Waals surface area (Å²) in [6.45, 7) is 5.82. The summed E-state index contributed by atoms with van der Waals surface area (Å²) in [5.41, 5.74) is 0. The predicted molar refractivity (Wildman–Crippen MR) is 130 cm³/mol. The van der Waals surface area contributed by atoms with Gasteiger partial charge in [-0.25, -0.2) is 0 Å². The summed E-state index contributed by atoms with van der Waals surface area (Å²) in [4.78, 5) is 62.1. The van der Waals surface area contributed by atoms with Crippen LogP contribution < -0.4 is 0 Å². The van der Waals surface area contributed by atoms with Gasteiger partial charge in [-0.3, -0.25) is 28.9 Å². The smallest absolute Gasteiger partial charge is 0.303 e. The summed E-state index contributed by atoms with van der Waals surface area (Å²) in [7, 11) is 0. The lowest BCUT2D eigenvalue weighted by Gasteiger charge is -2.46. The van der Waals surface area contributed by atoms with E-state index < -0.39 is 67.0 Å². The summed E-state index contributed by atoms with van der Waals surface area (Å²) in [5, 5.41) is 0. The Hall–Kier alpha value is -3.23. The molecule has 37 heavy (non-hydrogen) atoms. The molecule has 0 N–H and O–H groups in total. The summed E-state index contributed by atoms with van der Waals surface area (Å²) < 4.78 is 32.8. The first kappa shape index (κ1) is 28.3. The van der Waals surface area contributed by atoms with Crippen LogP contribution in [-0.2, 0) is 47.7 Å². The topological polar surface area (TPSA) is 148 Å². The number of nitrogens with zero attached hydrogens (tertiary/aromatic N) is 1. The highest BCUT2D eigenvalue weighted by Gasteiger charge is 2.56. The number of ether oxygens (including phenoxy) is 5. The number of aryl methyl sites for hydroxylation is 1. The summed E-state index contributed by atoms with van der Waals surface area (Å²) in [6.07, 6.45) is -5.36. The van der Waals surface area contributed by atoms with E-state index in [1.807, 2.05) is 0 Å². The van der Waals surface area contributed by atoms with E-state index in [1.54, 1.807) is 19.1 Å². The molecule has 2 saturated heterocycles. The maximum atomic E-state index is 13.4. The van der Waals surface area contributed by atoms with Crippen LogP contribution in [0.1, 0.15) is 39.2 Å². The molecule has 1 aromatic rings. The monoisotopic (exact) mass is 555 g/mol. The van der Waals surface area contributed by atoms with E-state index in [4.69, 9.17) is 40.3 Å². The van der Waals surface area contributed by atoms with Gasteiger partial charge in [-0.15, -0.1) is 0 Å². The number of thiocarbonyl (C=S) groups is 1. The number of hydrogen-bond donors (Lipinski definition) is 0. The van der Waals surface area contributed by atoms with E-state index in [9.17, 15) is 24.0 Å². The van der Waals surface area contributed by atoms with Gasteiger partial charge in [0.2, 0.25) is 0 Å². The van der Waals surface area contributed by atoms with Gasteiger partial charge in [-0.1, -0.05) is 24.0 Å². The molecule has 0 radical (unpaired) electrons. The lowest BCUT2D eigenvalue weighted by atomic mass is 9.96. The minimum Gasteiger partial charge on any atom is -0.463 e. The zero-order valence-corrected chi connectivity index (χ0v) is 22.2. The second-order valence-electron chi connectivity index (χ2n) is 8.09. The van der Waals surface area contributed by atoms with E-state index in [0.717, 1.165) is 44.4 Å². The molecular weight excluding hydrogens is 530 g/mol. The molecule has 200 valence electrons. The summed E-state index contributed by atoms with van der Waals surface area (Å²) in [5.74, 6) is -2.53. The SMILES string of the molecule is CC(=O)OC[C@H]1O[C@@H](N2C(=O)/C(=C/c3ccc(C)o3)SC2=S)[C@H](OC(C)=O)[C@@H](OC(C)=O)[C@@H]1OC(C)=O. The van der Waals surface area contributed by atoms with Crippen LogP contribution in [0.4, 0.5) is 0 Å². The van der Waals surface area contributed by atoms with Crippen LogP contribution in [0.2, 0.25) is 0 Å². The molecule has 14 heteroatoms. The first-order chi connectivity index (χ1) is 17.4. The maximum Gasteiger partial charge on any atom is 0.303 e. The molecule has 2 aliphatic heterocycles. The lowest BCUT2D eigenvalue weighted by molar-refractivity contribution is -0.268. The molecule has 0 saturated carbocycles. The third kappa shape index (κ3) is 6.96. The van der Waals surface area contributed by atoms with Gasteiger partial charge < -0.3 is 28.1 Å². The van der Waals surface area contributed by atoms with Crippen molar-refractivity contribution in [2.45, 2.75) is 65.3 Å². The Bertz CT molecular complexity index is 1140. The molecule has 0 aromatic carbocycles. The summed E-state index contributed by atoms with van der Waals surface area (Å²) >= 11 is 6.39. The van der Waals surface area contributed by atoms with Gasteiger partial charge in [-0.2, -0.15) is 0 Å². The van der Waals surface area contributed by atoms with Gasteiger partial charge in [0.1, 0.15) is 24.2 Å². The van der Waals surface area contributed by atoms with E-state index in [0.29, 0.717) is 11.5 Å². The number of thioether (sulfide) groups is 1. The van der Waals surface area contributed by atoms with Crippen LogP contribution in [0, 0.1) is 6.92 Å². The van der Waals surface area contributed by atoms with Crippen molar-refractivity contribution < 1.29 is 52.1 Å². The Morgan fingerprint density at radius 1 is 0.973 bits per heavy atom. The number of furan rings is 1. The molecule has 0 bridgehead atoms. The second-order valence-corrected chi connectivity index (χ2v) is 9.77. The fourth-order valence-electron chi connectivity index (χ4n) is 3.77.